The summed E-state index contributed by atoms with van der Waals surface area (Å²) in [5.74, 6) is -0.484. The van der Waals surface area contributed by atoms with E-state index in [9.17, 15) is 18.5 Å². The van der Waals surface area contributed by atoms with Crippen LogP contribution in [-0.2, 0) is 14.8 Å². The Balaban J connectivity index is 1.94. The van der Waals surface area contributed by atoms with Gasteiger partial charge in [0.1, 0.15) is 11.6 Å². The van der Waals surface area contributed by atoms with Crippen molar-refractivity contribution < 1.29 is 13.2 Å². The number of anilines is 1. The average Bonchev–Trinajstić information content (AvgIpc) is 3.00. The van der Waals surface area contributed by atoms with Crippen LogP contribution in [0.15, 0.2) is 59.0 Å². The topological polar surface area (TPSA) is 118 Å². The van der Waals surface area contributed by atoms with Gasteiger partial charge in [-0.2, -0.15) is 5.26 Å². The molecule has 7 nitrogen and oxygen atoms in total. The average molecular weight is 449 g/mol. The second-order valence-corrected chi connectivity index (χ2v) is 9.20. The molecule has 0 atom stereocenters. The Morgan fingerprint density at radius 3 is 2.28 bits per heavy atom. The molecule has 3 rings (SSSR count). The molecule has 0 fully saturated rings. The zero-order valence-corrected chi connectivity index (χ0v) is 19.1. The number of nitrogens with one attached hydrogen (secondary N) is 1. The number of carbonyl (C=O) groups excluding carboxylic acids is 1. The first-order valence-corrected chi connectivity index (χ1v) is 11.4. The van der Waals surface area contributed by atoms with Crippen molar-refractivity contribution in [2.75, 3.05) is 5.32 Å². The third kappa shape index (κ3) is 4.80. The lowest BCUT2D eigenvalue weighted by Crippen LogP contribution is -2.14. The highest BCUT2D eigenvalue weighted by Gasteiger charge is 2.15. The number of benzene rings is 2. The van der Waals surface area contributed by atoms with Gasteiger partial charge in [-0.25, -0.2) is 13.6 Å². The fraction of sp³-hybridized carbons (Fsp3) is 0.167. The number of aryl methyl sites for hydroxylation is 3. The zero-order valence-electron chi connectivity index (χ0n) is 18.3. The van der Waals surface area contributed by atoms with Crippen molar-refractivity contribution >= 4 is 27.7 Å². The van der Waals surface area contributed by atoms with Crippen LogP contribution in [0.3, 0.4) is 0 Å². The number of nitriles is 1. The molecule has 0 aliphatic heterocycles. The summed E-state index contributed by atoms with van der Waals surface area (Å²) in [6.07, 6.45) is 1.55. The molecule has 1 amide bonds. The number of primary sulfonamides is 1. The van der Waals surface area contributed by atoms with E-state index in [4.69, 9.17) is 5.14 Å². The second kappa shape index (κ2) is 8.83. The normalized spacial score (nSPS) is 11.8. The van der Waals surface area contributed by atoms with E-state index >= 15 is 0 Å². The first kappa shape index (κ1) is 23.0. The molecule has 0 spiro atoms. The van der Waals surface area contributed by atoms with Crippen LogP contribution in [-0.4, -0.2) is 18.9 Å². The fourth-order valence-electron chi connectivity index (χ4n) is 3.56. The van der Waals surface area contributed by atoms with Crippen molar-refractivity contribution in [2.24, 2.45) is 5.14 Å². The van der Waals surface area contributed by atoms with E-state index in [1.807, 2.05) is 62.6 Å². The smallest absolute Gasteiger partial charge is 0.266 e. The molecule has 3 N–H and O–H groups in total. The molecule has 1 heterocycles. The molecule has 0 aliphatic carbocycles. The predicted octanol–water partition coefficient (Wildman–Crippen LogP) is 3.90. The number of rotatable bonds is 5. The lowest BCUT2D eigenvalue weighted by molar-refractivity contribution is -0.112. The van der Waals surface area contributed by atoms with Gasteiger partial charge in [0.2, 0.25) is 10.0 Å². The number of amides is 1. The van der Waals surface area contributed by atoms with Gasteiger partial charge in [-0.05, 0) is 81.3 Å². The second-order valence-electron chi connectivity index (χ2n) is 7.64. The summed E-state index contributed by atoms with van der Waals surface area (Å²) in [5.41, 5.74) is 5.76. The third-order valence-electron chi connectivity index (χ3n) is 5.19. The number of nitrogens with zero attached hydrogens (tertiary/aromatic N) is 2. The summed E-state index contributed by atoms with van der Waals surface area (Å²) < 4.78 is 24.9. The molecule has 2 aromatic carbocycles. The van der Waals surface area contributed by atoms with Crippen molar-refractivity contribution in [3.05, 3.63) is 82.2 Å². The van der Waals surface area contributed by atoms with Gasteiger partial charge >= 0.3 is 0 Å². The number of sulfonamides is 1. The Bertz CT molecular complexity index is 1380. The van der Waals surface area contributed by atoms with Gasteiger partial charge in [0.25, 0.3) is 5.91 Å². The molecule has 8 heteroatoms. The zero-order chi connectivity index (χ0) is 23.6. The molecule has 0 radical (unpaired) electrons. The van der Waals surface area contributed by atoms with E-state index in [-0.39, 0.29) is 10.5 Å². The summed E-state index contributed by atoms with van der Waals surface area (Å²) in [5, 5.41) is 17.6. The van der Waals surface area contributed by atoms with Crippen molar-refractivity contribution in [3.63, 3.8) is 0 Å². The van der Waals surface area contributed by atoms with Gasteiger partial charge in [0.15, 0.2) is 0 Å². The lowest BCUT2D eigenvalue weighted by Gasteiger charge is -2.10. The first-order valence-electron chi connectivity index (χ1n) is 9.84. The minimum atomic E-state index is -3.78. The predicted molar refractivity (Wildman–Crippen MR) is 125 cm³/mol. The highest BCUT2D eigenvalue weighted by molar-refractivity contribution is 7.89. The van der Waals surface area contributed by atoms with Crippen LogP contribution < -0.4 is 10.5 Å². The Kier molecular flexibility index (Phi) is 6.35. The summed E-state index contributed by atoms with van der Waals surface area (Å²) in [6, 6.07) is 15.7. The van der Waals surface area contributed by atoms with Gasteiger partial charge in [-0.3, -0.25) is 4.79 Å². The van der Waals surface area contributed by atoms with Gasteiger partial charge in [0.05, 0.1) is 4.90 Å². The molecule has 32 heavy (non-hydrogen) atoms. The fourth-order valence-corrected chi connectivity index (χ4v) is 4.08. The maximum atomic E-state index is 12.7. The minimum Gasteiger partial charge on any atom is -0.321 e. The van der Waals surface area contributed by atoms with Crippen LogP contribution in [0.5, 0.6) is 0 Å². The number of hydrogen-bond acceptors (Lipinski definition) is 4. The van der Waals surface area contributed by atoms with Crippen molar-refractivity contribution in [1.82, 2.24) is 4.57 Å². The molecule has 0 bridgehead atoms. The van der Waals surface area contributed by atoms with Gasteiger partial charge in [0, 0.05) is 22.8 Å². The number of aromatic nitrogens is 1. The van der Waals surface area contributed by atoms with E-state index in [0.717, 1.165) is 28.2 Å². The highest BCUT2D eigenvalue weighted by atomic mass is 32.2. The van der Waals surface area contributed by atoms with Crippen LogP contribution in [0.25, 0.3) is 11.8 Å². The molecule has 164 valence electrons. The van der Waals surface area contributed by atoms with Crippen LogP contribution in [0.2, 0.25) is 0 Å². The molecule has 0 saturated carbocycles. The van der Waals surface area contributed by atoms with Crippen molar-refractivity contribution in [2.45, 2.75) is 32.6 Å². The maximum absolute atomic E-state index is 12.7. The van der Waals surface area contributed by atoms with E-state index in [1.165, 1.54) is 12.1 Å². The van der Waals surface area contributed by atoms with Crippen molar-refractivity contribution in [1.29, 1.82) is 5.26 Å². The quantitative estimate of drug-likeness (QED) is 0.454. The molecule has 0 aliphatic rings. The maximum Gasteiger partial charge on any atom is 0.266 e. The van der Waals surface area contributed by atoms with E-state index in [0.29, 0.717) is 11.3 Å². The van der Waals surface area contributed by atoms with E-state index in [1.54, 1.807) is 18.2 Å². The molecule has 3 aromatic rings. The largest absolute Gasteiger partial charge is 0.321 e. The third-order valence-corrected chi connectivity index (χ3v) is 6.12. The van der Waals surface area contributed by atoms with Crippen LogP contribution in [0.4, 0.5) is 5.69 Å². The van der Waals surface area contributed by atoms with E-state index in [2.05, 4.69) is 5.32 Å². The first-order chi connectivity index (χ1) is 15.0. The molecular weight excluding hydrogens is 424 g/mol. The summed E-state index contributed by atoms with van der Waals surface area (Å²) >= 11 is 0. The number of hydrogen-bond donors (Lipinski definition) is 2. The number of nitrogens with two attached hydrogens (primary N) is 1. The minimum absolute atomic E-state index is 0.0187. The molecular formula is C24H24N4O3S. The molecule has 0 unspecified atom stereocenters. The van der Waals surface area contributed by atoms with Crippen molar-refractivity contribution in [3.8, 4) is 11.8 Å². The highest BCUT2D eigenvalue weighted by Crippen LogP contribution is 2.24. The van der Waals surface area contributed by atoms with Gasteiger partial charge < -0.3 is 9.88 Å². The van der Waals surface area contributed by atoms with Gasteiger partial charge in [-0.15, -0.1) is 0 Å². The standard InChI is InChI=1S/C24H24N4O3S/c1-15-5-10-23(16(2)11-15)27-24(29)20(14-25)13-19-12-17(3)28(18(19)4)21-6-8-22(9-7-21)32(26,30)31/h5-13H,1-4H3,(H,27,29)(H2,26,30,31). The number of carbonyl (C=O) groups is 1. The van der Waals surface area contributed by atoms with Crippen LogP contribution in [0, 0.1) is 39.0 Å². The van der Waals surface area contributed by atoms with Crippen LogP contribution >= 0.6 is 0 Å². The lowest BCUT2D eigenvalue weighted by atomic mass is 10.1. The molecule has 0 saturated heterocycles. The van der Waals surface area contributed by atoms with E-state index < -0.39 is 15.9 Å². The summed E-state index contributed by atoms with van der Waals surface area (Å²) in [7, 11) is -3.78. The van der Waals surface area contributed by atoms with Gasteiger partial charge in [-0.1, -0.05) is 17.7 Å². The monoisotopic (exact) mass is 448 g/mol. The summed E-state index contributed by atoms with van der Waals surface area (Å²) in [4.78, 5) is 12.7. The Morgan fingerprint density at radius 2 is 1.72 bits per heavy atom. The Morgan fingerprint density at radius 1 is 1.06 bits per heavy atom. The van der Waals surface area contributed by atoms with Crippen LogP contribution in [0.1, 0.15) is 28.1 Å². The Hall–Kier alpha value is -3.67. The molecule has 1 aromatic heterocycles. The summed E-state index contributed by atoms with van der Waals surface area (Å²) in [6.45, 7) is 7.62. The Labute approximate surface area is 187 Å². The SMILES string of the molecule is Cc1ccc(NC(=O)C(C#N)=Cc2cc(C)n(-c3ccc(S(N)(=O)=O)cc3)c2C)c(C)c1.